The Morgan fingerprint density at radius 3 is 2.62 bits per heavy atom. The predicted octanol–water partition coefficient (Wildman–Crippen LogP) is 2.81. The van der Waals surface area contributed by atoms with Crippen LogP contribution < -0.4 is 5.32 Å². The van der Waals surface area contributed by atoms with Gasteiger partial charge in [-0.25, -0.2) is 4.68 Å². The topological polar surface area (TPSA) is 75.9 Å². The maximum atomic E-state index is 12.6. The van der Waals surface area contributed by atoms with Crippen LogP contribution in [-0.2, 0) is 6.42 Å². The fourth-order valence-electron chi connectivity index (χ4n) is 3.40. The van der Waals surface area contributed by atoms with Crippen LogP contribution in [0.25, 0.3) is 5.69 Å². The van der Waals surface area contributed by atoms with Crippen LogP contribution in [0.3, 0.4) is 0 Å². The van der Waals surface area contributed by atoms with E-state index in [1.165, 1.54) is 36.5 Å². The van der Waals surface area contributed by atoms with Crippen molar-refractivity contribution >= 4 is 23.4 Å². The Bertz CT molecular complexity index is 952. The summed E-state index contributed by atoms with van der Waals surface area (Å²) in [5.74, 6) is 2.34. The Hall–Kier alpha value is -2.71. The van der Waals surface area contributed by atoms with Crippen molar-refractivity contribution in [3.63, 3.8) is 0 Å². The number of benzene rings is 2. The van der Waals surface area contributed by atoms with E-state index in [0.29, 0.717) is 5.56 Å². The van der Waals surface area contributed by atoms with E-state index in [4.69, 9.17) is 0 Å². The lowest BCUT2D eigenvalue weighted by Crippen LogP contribution is -2.34. The number of carbonyl (C=O) groups excluding carboxylic acids is 1. The minimum atomic E-state index is -0.130. The zero-order chi connectivity index (χ0) is 20.1. The average molecular weight is 409 g/mol. The van der Waals surface area contributed by atoms with E-state index in [1.807, 2.05) is 43.0 Å². The number of carbonyl (C=O) groups is 1. The first-order chi connectivity index (χ1) is 14.2. The standard InChI is InChI=1S/C21H24N6OS/c1-16-14-18(4-7-20(16)27-15-22-24-25-27)21(28)23-19-5-2-17(3-6-19)8-9-26-10-12-29-13-11-26/h2-7,14-15H,8-13H2,1H3,(H,23,28). The summed E-state index contributed by atoms with van der Waals surface area (Å²) in [6.07, 6.45) is 2.57. The molecule has 7 nitrogen and oxygen atoms in total. The first kappa shape index (κ1) is 19.6. The summed E-state index contributed by atoms with van der Waals surface area (Å²) < 4.78 is 1.58. The first-order valence-electron chi connectivity index (χ1n) is 9.73. The summed E-state index contributed by atoms with van der Waals surface area (Å²) in [5.41, 5.74) is 4.48. The molecule has 0 bridgehead atoms. The van der Waals surface area contributed by atoms with E-state index in [0.717, 1.165) is 29.9 Å². The molecule has 0 atom stereocenters. The van der Waals surface area contributed by atoms with Crippen molar-refractivity contribution in [2.75, 3.05) is 36.5 Å². The number of thioether (sulfide) groups is 1. The van der Waals surface area contributed by atoms with E-state index < -0.39 is 0 Å². The molecule has 29 heavy (non-hydrogen) atoms. The van der Waals surface area contributed by atoms with Crippen LogP contribution in [0.2, 0.25) is 0 Å². The fourth-order valence-corrected chi connectivity index (χ4v) is 4.37. The molecule has 1 aliphatic heterocycles. The SMILES string of the molecule is Cc1cc(C(=O)Nc2ccc(CCN3CCSCC3)cc2)ccc1-n1cnnn1. The second kappa shape index (κ2) is 9.19. The summed E-state index contributed by atoms with van der Waals surface area (Å²) in [5, 5.41) is 14.2. The number of aryl methyl sites for hydroxylation is 1. The van der Waals surface area contributed by atoms with E-state index in [2.05, 4.69) is 37.9 Å². The third-order valence-electron chi connectivity index (χ3n) is 5.09. The van der Waals surface area contributed by atoms with E-state index in [1.54, 1.807) is 10.7 Å². The Morgan fingerprint density at radius 1 is 1.14 bits per heavy atom. The quantitative estimate of drug-likeness (QED) is 0.676. The van der Waals surface area contributed by atoms with Crippen molar-refractivity contribution in [2.45, 2.75) is 13.3 Å². The molecule has 0 saturated carbocycles. The van der Waals surface area contributed by atoms with Crippen molar-refractivity contribution in [3.8, 4) is 5.69 Å². The number of tetrazole rings is 1. The van der Waals surface area contributed by atoms with Crippen LogP contribution in [0.1, 0.15) is 21.5 Å². The Balaban J connectivity index is 1.35. The highest BCUT2D eigenvalue weighted by atomic mass is 32.2. The monoisotopic (exact) mass is 408 g/mol. The molecule has 1 saturated heterocycles. The summed E-state index contributed by atoms with van der Waals surface area (Å²) in [6.45, 7) is 5.40. The van der Waals surface area contributed by atoms with E-state index >= 15 is 0 Å². The highest BCUT2D eigenvalue weighted by Gasteiger charge is 2.11. The second-order valence-corrected chi connectivity index (χ2v) is 8.34. The number of nitrogens with zero attached hydrogens (tertiary/aromatic N) is 5. The van der Waals surface area contributed by atoms with Crippen molar-refractivity contribution in [3.05, 3.63) is 65.5 Å². The largest absolute Gasteiger partial charge is 0.322 e. The lowest BCUT2D eigenvalue weighted by molar-refractivity contribution is 0.102. The van der Waals surface area contributed by atoms with Gasteiger partial charge in [-0.3, -0.25) is 4.79 Å². The van der Waals surface area contributed by atoms with Crippen molar-refractivity contribution in [1.29, 1.82) is 0 Å². The number of amides is 1. The molecule has 4 rings (SSSR count). The molecule has 8 heteroatoms. The zero-order valence-corrected chi connectivity index (χ0v) is 17.2. The minimum Gasteiger partial charge on any atom is -0.322 e. The molecule has 2 heterocycles. The van der Waals surface area contributed by atoms with Crippen molar-refractivity contribution in [2.24, 2.45) is 0 Å². The van der Waals surface area contributed by atoms with Crippen LogP contribution in [0.5, 0.6) is 0 Å². The van der Waals surface area contributed by atoms with Gasteiger partial charge in [0.25, 0.3) is 5.91 Å². The summed E-state index contributed by atoms with van der Waals surface area (Å²) in [7, 11) is 0. The molecule has 1 aromatic heterocycles. The maximum absolute atomic E-state index is 12.6. The average Bonchev–Trinajstić information content (AvgIpc) is 3.28. The summed E-state index contributed by atoms with van der Waals surface area (Å²) in [6, 6.07) is 13.6. The molecule has 0 radical (unpaired) electrons. The number of anilines is 1. The Morgan fingerprint density at radius 2 is 1.93 bits per heavy atom. The second-order valence-electron chi connectivity index (χ2n) is 7.11. The van der Waals surface area contributed by atoms with Crippen LogP contribution in [-0.4, -0.2) is 62.2 Å². The van der Waals surface area contributed by atoms with Gasteiger partial charge in [0.05, 0.1) is 5.69 Å². The van der Waals surface area contributed by atoms with Crippen LogP contribution >= 0.6 is 11.8 Å². The molecule has 0 spiro atoms. The third-order valence-corrected chi connectivity index (χ3v) is 6.03. The molecule has 3 aromatic rings. The number of hydrogen-bond acceptors (Lipinski definition) is 6. The number of aromatic nitrogens is 4. The van der Waals surface area contributed by atoms with Crippen LogP contribution in [0, 0.1) is 6.92 Å². The number of rotatable bonds is 6. The molecule has 1 N–H and O–H groups in total. The molecule has 1 aliphatic rings. The molecule has 2 aromatic carbocycles. The molecule has 0 unspecified atom stereocenters. The van der Waals surface area contributed by atoms with Gasteiger partial charge in [0.2, 0.25) is 0 Å². The van der Waals surface area contributed by atoms with Crippen LogP contribution in [0.15, 0.2) is 48.8 Å². The fraction of sp³-hybridized carbons (Fsp3) is 0.333. The van der Waals surface area contributed by atoms with Gasteiger partial charge < -0.3 is 10.2 Å². The van der Waals surface area contributed by atoms with Crippen molar-refractivity contribution < 1.29 is 4.79 Å². The van der Waals surface area contributed by atoms with Gasteiger partial charge in [-0.2, -0.15) is 11.8 Å². The number of nitrogens with one attached hydrogen (secondary N) is 1. The van der Waals surface area contributed by atoms with Gasteiger partial charge in [-0.05, 0) is 65.2 Å². The molecule has 1 amide bonds. The normalized spacial score (nSPS) is 14.7. The molecule has 0 aliphatic carbocycles. The smallest absolute Gasteiger partial charge is 0.255 e. The summed E-state index contributed by atoms with van der Waals surface area (Å²) >= 11 is 2.04. The molecule has 1 fully saturated rings. The summed E-state index contributed by atoms with van der Waals surface area (Å²) in [4.78, 5) is 15.1. The zero-order valence-electron chi connectivity index (χ0n) is 16.4. The highest BCUT2D eigenvalue weighted by Crippen LogP contribution is 2.17. The van der Waals surface area contributed by atoms with Crippen LogP contribution in [0.4, 0.5) is 5.69 Å². The van der Waals surface area contributed by atoms with Gasteiger partial charge in [-0.1, -0.05) is 12.1 Å². The first-order valence-corrected chi connectivity index (χ1v) is 10.9. The van der Waals surface area contributed by atoms with Gasteiger partial charge >= 0.3 is 0 Å². The number of hydrogen-bond donors (Lipinski definition) is 1. The third kappa shape index (κ3) is 5.02. The molecule has 150 valence electrons. The van der Waals surface area contributed by atoms with Gasteiger partial charge in [0.15, 0.2) is 0 Å². The lowest BCUT2D eigenvalue weighted by Gasteiger charge is -2.26. The Labute approximate surface area is 174 Å². The maximum Gasteiger partial charge on any atom is 0.255 e. The van der Waals surface area contributed by atoms with Gasteiger partial charge in [0, 0.05) is 42.4 Å². The highest BCUT2D eigenvalue weighted by molar-refractivity contribution is 7.99. The van der Waals surface area contributed by atoms with E-state index in [9.17, 15) is 4.79 Å². The Kier molecular flexibility index (Phi) is 6.21. The van der Waals surface area contributed by atoms with Gasteiger partial charge in [0.1, 0.15) is 6.33 Å². The van der Waals surface area contributed by atoms with E-state index in [-0.39, 0.29) is 5.91 Å². The predicted molar refractivity (Wildman–Crippen MR) is 116 cm³/mol. The molecular formula is C21H24N6OS. The lowest BCUT2D eigenvalue weighted by atomic mass is 10.1. The minimum absolute atomic E-state index is 0.130. The van der Waals surface area contributed by atoms with Gasteiger partial charge in [-0.15, -0.1) is 5.10 Å². The van der Waals surface area contributed by atoms with Crippen molar-refractivity contribution in [1.82, 2.24) is 25.1 Å². The molecular weight excluding hydrogens is 384 g/mol.